The molecule has 126 valence electrons. The average Bonchev–Trinajstić information content (AvgIpc) is 2.57. The van der Waals surface area contributed by atoms with Gasteiger partial charge >= 0.3 is 160 Å². The minimum absolute atomic E-state index is 1.37. The van der Waals surface area contributed by atoms with Crippen LogP contribution in [0.4, 0.5) is 0 Å². The molecular weight excluding hydrogens is 407 g/mol. The Morgan fingerprint density at radius 2 is 0.720 bits per heavy atom. The van der Waals surface area contributed by atoms with Gasteiger partial charge in [0.25, 0.3) is 0 Å². The van der Waals surface area contributed by atoms with E-state index >= 15 is 0 Å². The third kappa shape index (κ3) is 3.84. The van der Waals surface area contributed by atoms with Crippen LogP contribution in [0.3, 0.4) is 0 Å². The van der Waals surface area contributed by atoms with Crippen molar-refractivity contribution < 1.29 is 0 Å². The Hall–Kier alpha value is -1.54. The molecule has 0 amide bonds. The fourth-order valence-corrected chi connectivity index (χ4v) is 13.2. The van der Waals surface area contributed by atoms with Crippen molar-refractivity contribution in [1.82, 2.24) is 0 Å². The van der Waals surface area contributed by atoms with Crippen LogP contribution in [-0.4, -0.2) is 19.8 Å². The van der Waals surface area contributed by atoms with Gasteiger partial charge in [0.15, 0.2) is 0 Å². The molecule has 3 rings (SSSR count). The SMILES string of the molecule is Cc1ccc(C)[c]([Sn+]([c]2cc(C)ccc2C)[c]2cc(C)ccc2C)c1. The molecule has 0 N–H and O–H groups in total. The summed E-state index contributed by atoms with van der Waals surface area (Å²) in [5, 5.41) is 0. The molecular formula is C24H27Sn+. The first kappa shape index (κ1) is 18.3. The van der Waals surface area contributed by atoms with E-state index in [0.717, 1.165) is 0 Å². The molecule has 0 saturated heterocycles. The first-order valence-corrected chi connectivity index (χ1v) is 13.2. The molecule has 0 heterocycles. The van der Waals surface area contributed by atoms with Gasteiger partial charge in [-0.25, -0.2) is 0 Å². The molecule has 3 aromatic carbocycles. The van der Waals surface area contributed by atoms with Crippen molar-refractivity contribution in [1.29, 1.82) is 0 Å². The van der Waals surface area contributed by atoms with Crippen molar-refractivity contribution in [2.45, 2.75) is 41.5 Å². The fraction of sp³-hybridized carbons (Fsp3) is 0.250. The van der Waals surface area contributed by atoms with Gasteiger partial charge < -0.3 is 0 Å². The van der Waals surface area contributed by atoms with Gasteiger partial charge in [0, 0.05) is 0 Å². The number of hydrogen-bond acceptors (Lipinski definition) is 0. The van der Waals surface area contributed by atoms with Crippen molar-refractivity contribution in [3.8, 4) is 0 Å². The summed E-state index contributed by atoms with van der Waals surface area (Å²) >= 11 is -2.25. The summed E-state index contributed by atoms with van der Waals surface area (Å²) in [6.07, 6.45) is 0. The van der Waals surface area contributed by atoms with Crippen LogP contribution in [0, 0.1) is 41.5 Å². The monoisotopic (exact) mass is 435 g/mol. The minimum atomic E-state index is -2.25. The van der Waals surface area contributed by atoms with Crippen LogP contribution in [0.15, 0.2) is 54.6 Å². The van der Waals surface area contributed by atoms with Crippen LogP contribution in [0.1, 0.15) is 33.4 Å². The van der Waals surface area contributed by atoms with Crippen LogP contribution in [0.5, 0.6) is 0 Å². The van der Waals surface area contributed by atoms with Gasteiger partial charge in [-0.3, -0.25) is 0 Å². The summed E-state index contributed by atoms with van der Waals surface area (Å²) in [5.41, 5.74) is 8.45. The number of benzene rings is 3. The van der Waals surface area contributed by atoms with Gasteiger partial charge in [-0.15, -0.1) is 0 Å². The normalized spacial score (nSPS) is 10.8. The van der Waals surface area contributed by atoms with E-state index in [9.17, 15) is 0 Å². The van der Waals surface area contributed by atoms with Gasteiger partial charge in [-0.05, 0) is 0 Å². The molecule has 0 atom stereocenters. The van der Waals surface area contributed by atoms with Gasteiger partial charge in [0.1, 0.15) is 0 Å². The number of hydrogen-bond donors (Lipinski definition) is 0. The van der Waals surface area contributed by atoms with Gasteiger partial charge in [0.2, 0.25) is 0 Å². The summed E-state index contributed by atoms with van der Waals surface area (Å²) in [6, 6.07) is 21.0. The molecule has 3 aromatic rings. The molecule has 0 saturated carbocycles. The van der Waals surface area contributed by atoms with E-state index in [1.54, 1.807) is 10.7 Å². The number of rotatable bonds is 3. The van der Waals surface area contributed by atoms with Crippen LogP contribution < -0.4 is 10.7 Å². The second-order valence-electron chi connectivity index (χ2n) is 7.33. The Morgan fingerprint density at radius 3 is 1.00 bits per heavy atom. The maximum atomic E-state index is 2.45. The van der Waals surface area contributed by atoms with Crippen LogP contribution in [0.2, 0.25) is 0 Å². The van der Waals surface area contributed by atoms with Crippen LogP contribution in [0.25, 0.3) is 0 Å². The van der Waals surface area contributed by atoms with Crippen molar-refractivity contribution in [3.63, 3.8) is 0 Å². The molecule has 0 nitrogen and oxygen atoms in total. The molecule has 0 aromatic heterocycles. The molecule has 0 aliphatic heterocycles. The third-order valence-electron chi connectivity index (χ3n) is 4.99. The van der Waals surface area contributed by atoms with Gasteiger partial charge in [0.05, 0.1) is 0 Å². The summed E-state index contributed by atoms with van der Waals surface area (Å²) in [7, 11) is 0. The van der Waals surface area contributed by atoms with E-state index in [1.165, 1.54) is 33.4 Å². The standard InChI is InChI=1S/3C8H9.Sn/c3*1-7-3-5-8(2)6-4-7;/h3*3-5H,1-2H3;/q;;;+1. The first-order chi connectivity index (χ1) is 11.9. The Kier molecular flexibility index (Phi) is 5.38. The van der Waals surface area contributed by atoms with Crippen molar-refractivity contribution in [2.24, 2.45) is 0 Å². The zero-order chi connectivity index (χ0) is 18.1. The zero-order valence-electron chi connectivity index (χ0n) is 16.2. The van der Waals surface area contributed by atoms with E-state index < -0.39 is 19.8 Å². The second-order valence-corrected chi connectivity index (χ2v) is 14.1. The predicted octanol–water partition coefficient (Wildman–Crippen LogP) is 4.05. The van der Waals surface area contributed by atoms with E-state index in [0.29, 0.717) is 0 Å². The predicted molar refractivity (Wildman–Crippen MR) is 112 cm³/mol. The van der Waals surface area contributed by atoms with E-state index in [1.807, 2.05) is 0 Å². The summed E-state index contributed by atoms with van der Waals surface area (Å²) < 4.78 is 4.85. The first-order valence-electron chi connectivity index (χ1n) is 8.96. The Balaban J connectivity index is 2.34. The van der Waals surface area contributed by atoms with Crippen molar-refractivity contribution >= 4 is 30.5 Å². The zero-order valence-corrected chi connectivity index (χ0v) is 19.1. The molecule has 1 heteroatoms. The number of aryl methyl sites for hydroxylation is 6. The quantitative estimate of drug-likeness (QED) is 0.546. The van der Waals surface area contributed by atoms with Crippen molar-refractivity contribution in [2.75, 3.05) is 0 Å². The second kappa shape index (κ2) is 7.37. The van der Waals surface area contributed by atoms with Crippen molar-refractivity contribution in [3.05, 3.63) is 88.0 Å². The van der Waals surface area contributed by atoms with Crippen LogP contribution in [-0.2, 0) is 0 Å². The van der Waals surface area contributed by atoms with Gasteiger partial charge in [-0.1, -0.05) is 0 Å². The third-order valence-corrected chi connectivity index (χ3v) is 14.2. The Labute approximate surface area is 159 Å². The summed E-state index contributed by atoms with van der Waals surface area (Å²) in [4.78, 5) is 0. The molecule has 25 heavy (non-hydrogen) atoms. The summed E-state index contributed by atoms with van der Waals surface area (Å²) in [5.74, 6) is 0. The molecule has 0 unspecified atom stereocenters. The molecule has 0 radical (unpaired) electrons. The molecule has 0 aliphatic carbocycles. The maximum absolute atomic E-state index is 2.45. The van der Waals surface area contributed by atoms with E-state index in [4.69, 9.17) is 0 Å². The van der Waals surface area contributed by atoms with E-state index in [2.05, 4.69) is 96.1 Å². The van der Waals surface area contributed by atoms with Gasteiger partial charge in [-0.2, -0.15) is 0 Å². The molecule has 0 fully saturated rings. The Bertz CT molecular complexity index is 799. The fourth-order valence-electron chi connectivity index (χ4n) is 3.45. The average molecular weight is 434 g/mol. The topological polar surface area (TPSA) is 0 Å². The molecule has 0 spiro atoms. The summed E-state index contributed by atoms with van der Waals surface area (Å²) in [6.45, 7) is 13.5. The molecule has 0 bridgehead atoms. The van der Waals surface area contributed by atoms with Crippen LogP contribution >= 0.6 is 0 Å². The van der Waals surface area contributed by atoms with E-state index in [-0.39, 0.29) is 0 Å². The Morgan fingerprint density at radius 1 is 0.440 bits per heavy atom. The molecule has 0 aliphatic rings.